The van der Waals surface area contributed by atoms with E-state index < -0.39 is 35.9 Å². The molecule has 5 aliphatic rings. The van der Waals surface area contributed by atoms with Crippen molar-refractivity contribution in [3.63, 3.8) is 0 Å². The highest BCUT2D eigenvalue weighted by Gasteiger charge is 2.38. The Kier molecular flexibility index (Phi) is 24.0. The van der Waals surface area contributed by atoms with Crippen molar-refractivity contribution in [2.24, 2.45) is 27.6 Å². The van der Waals surface area contributed by atoms with Crippen molar-refractivity contribution in [3.05, 3.63) is 178 Å². The Balaban J connectivity index is 0.609. The van der Waals surface area contributed by atoms with E-state index in [1.54, 1.807) is 135 Å². The number of benzene rings is 6. The lowest BCUT2D eigenvalue weighted by Gasteiger charge is -2.24. The van der Waals surface area contributed by atoms with Crippen LogP contribution in [0.5, 0.6) is 28.7 Å². The number of methoxy groups -OCH3 is 2. The van der Waals surface area contributed by atoms with Crippen molar-refractivity contribution in [1.82, 2.24) is 20.4 Å². The molecule has 6 aromatic rings. The number of hydrogen-bond acceptors (Lipinski definition) is 18. The maximum absolute atomic E-state index is 14.2. The second-order valence-corrected chi connectivity index (χ2v) is 26.1. The summed E-state index contributed by atoms with van der Waals surface area (Å²) in [4.78, 5) is 132. The lowest BCUT2D eigenvalue weighted by atomic mass is 9.89. The maximum atomic E-state index is 14.2. The number of primary amides is 1. The highest BCUT2D eigenvalue weighted by atomic mass is 16.6. The Bertz CT molecular complexity index is 4450. The Morgan fingerprint density at radius 3 is 1.68 bits per heavy atom. The first-order chi connectivity index (χ1) is 50.7. The van der Waals surface area contributed by atoms with Crippen LogP contribution in [-0.4, -0.2) is 148 Å². The number of aryl methyl sites for hydroxylation is 1. The minimum absolute atomic E-state index is 0.0278. The minimum atomic E-state index is -0.951. The fourth-order valence-electron chi connectivity index (χ4n) is 12.7. The molecule has 4 atom stereocenters. The number of fused-ring (bicyclic) bond motifs is 4. The second-order valence-electron chi connectivity index (χ2n) is 26.1. The molecule has 6 N–H and O–H groups in total. The van der Waals surface area contributed by atoms with Gasteiger partial charge >= 0.3 is 12.1 Å². The van der Waals surface area contributed by atoms with Gasteiger partial charge in [-0.1, -0.05) is 69.3 Å². The van der Waals surface area contributed by atoms with Gasteiger partial charge in [0.05, 0.1) is 80.4 Å². The number of nitrogens with two attached hydrogens (primary N) is 1. The summed E-state index contributed by atoms with van der Waals surface area (Å²) in [5.74, 6) is -1.73. The molecular weight excluding hydrogens is 1340 g/mol. The average molecular weight is 1430 g/mol. The van der Waals surface area contributed by atoms with E-state index in [1.165, 1.54) is 19.8 Å². The van der Waals surface area contributed by atoms with E-state index in [0.717, 1.165) is 33.6 Å². The summed E-state index contributed by atoms with van der Waals surface area (Å²) in [5, 5.41) is 10.8. The van der Waals surface area contributed by atoms with Gasteiger partial charge in [-0.2, -0.15) is 0 Å². The van der Waals surface area contributed by atoms with Gasteiger partial charge in [-0.15, -0.1) is 0 Å². The molecule has 0 aliphatic carbocycles. The number of carbonyl (C=O) groups excluding carboxylic acids is 9. The monoisotopic (exact) mass is 1430 g/mol. The van der Waals surface area contributed by atoms with Crippen LogP contribution in [0, 0.1) is 11.8 Å². The van der Waals surface area contributed by atoms with Crippen LogP contribution >= 0.6 is 0 Å². The summed E-state index contributed by atoms with van der Waals surface area (Å²) in [7, 11) is 3.03. The minimum Gasteiger partial charge on any atom is -0.493 e. The molecule has 105 heavy (non-hydrogen) atoms. The van der Waals surface area contributed by atoms with Crippen molar-refractivity contribution in [2.75, 3.05) is 69.3 Å². The van der Waals surface area contributed by atoms with Crippen LogP contribution in [0.3, 0.4) is 0 Å². The summed E-state index contributed by atoms with van der Waals surface area (Å²) in [5.41, 5.74) is 14.8. The van der Waals surface area contributed by atoms with Gasteiger partial charge in [0, 0.05) is 97.6 Å². The maximum Gasteiger partial charge on any atom is 0.411 e. The summed E-state index contributed by atoms with van der Waals surface area (Å²) in [6, 6.07) is 33.1. The Labute approximate surface area is 607 Å². The molecule has 26 heteroatoms. The number of Topliss-reactive ketones (excluding diaryl/α,β-unsaturated/α-hetero) is 1. The third-order valence-electron chi connectivity index (χ3n) is 18.7. The molecule has 546 valence electrons. The Morgan fingerprint density at radius 1 is 0.610 bits per heavy atom. The molecule has 0 aromatic heterocycles. The van der Waals surface area contributed by atoms with E-state index in [2.05, 4.69) is 52.5 Å². The number of amides is 9. The smallest absolute Gasteiger partial charge is 0.411 e. The molecule has 5 heterocycles. The van der Waals surface area contributed by atoms with E-state index >= 15 is 0 Å². The molecule has 0 bridgehead atoms. The van der Waals surface area contributed by atoms with Gasteiger partial charge in [0.2, 0.25) is 11.8 Å². The summed E-state index contributed by atoms with van der Waals surface area (Å²) in [6.07, 6.45) is 9.41. The fraction of sp³-hybridized carbons (Fsp3) is 0.329. The van der Waals surface area contributed by atoms with Crippen molar-refractivity contribution < 1.29 is 76.3 Å². The average Bonchev–Trinajstić information content (AvgIpc) is 1.66. The zero-order valence-corrected chi connectivity index (χ0v) is 59.5. The fourth-order valence-corrected chi connectivity index (χ4v) is 12.7. The lowest BCUT2D eigenvalue weighted by molar-refractivity contribution is -0.133. The largest absolute Gasteiger partial charge is 0.493 e. The quantitative estimate of drug-likeness (QED) is 0.0194. The Hall–Kier alpha value is -11.9. The number of ether oxygens (including phenoxy) is 7. The molecule has 9 amide bonds. The highest BCUT2D eigenvalue weighted by Crippen LogP contribution is 2.43. The summed E-state index contributed by atoms with van der Waals surface area (Å²) in [6.45, 7) is 9.15. The summed E-state index contributed by atoms with van der Waals surface area (Å²) >= 11 is 0. The topological polar surface area (TPSA) is 327 Å². The SMILES string of the molecule is CCc1ccc(C2=CN3C(=O)c4cc(OC)c(OCCCOc5cc6c(cc5OC)C(=O)N5C=C(c7ccc(NC(=O)OCc8ccc(NC(=O)[C@H](CCCNC(N)=O)CC(=O)[C@@H](NC(=O)COCCOc9ccc(N%10C(=O)C(C)=C(C)C%10=O)cc9)C(C)C)cc8)cc7)C[C@H]5C=N6)cc4N=C[C@@H]3C2)cc1. The zero-order valence-electron chi connectivity index (χ0n) is 59.5. The van der Waals surface area contributed by atoms with Gasteiger partial charge in [-0.25, -0.2) is 14.5 Å². The standard InChI is InChI=1S/C79H84N10O16/c1-8-49-12-16-51(17-13-49)54-33-59-40-82-64-38-69(67(99-6)36-62(64)76(95)87(59)42-54)103-29-10-30-104-70-39-65-63(37-68(70)100-7)77(96)88-43-55(34-60(88)41-83-65)52-18-22-57(23-19-52)85-79(98)105-44-50-14-20-56(21-15-50)84-73(92)53(11-9-28-81-78(80)97)35-66(90)72(46(2)3)86-71(91)45-101-31-32-102-61-26-24-58(25-27-61)89-74(93)47(4)48(5)75(89)94/h12-27,36-43,46,53,59-60,72H,8-11,28-35,44-45H2,1-7H3,(H,84,92)(H,85,98)(H,86,91)(H3,80,81,97)/t53-,59+,60+,72+/m1/s1. The first-order valence-corrected chi connectivity index (χ1v) is 34.8. The molecular formula is C79H84N10O16. The number of nitrogens with zero attached hydrogens (tertiary/aromatic N) is 5. The molecule has 5 aliphatic heterocycles. The molecule has 0 saturated heterocycles. The van der Waals surface area contributed by atoms with Crippen molar-refractivity contribution >= 4 is 105 Å². The first-order valence-electron chi connectivity index (χ1n) is 34.8. The molecule has 11 rings (SSSR count). The van der Waals surface area contributed by atoms with Crippen LogP contribution in [0.25, 0.3) is 11.1 Å². The molecule has 26 nitrogen and oxygen atoms in total. The number of nitrogens with one attached hydrogen (secondary N) is 4. The second kappa shape index (κ2) is 33.9. The van der Waals surface area contributed by atoms with Crippen LogP contribution in [0.15, 0.2) is 155 Å². The zero-order chi connectivity index (χ0) is 74.4. The van der Waals surface area contributed by atoms with Crippen LogP contribution < -0.4 is 55.6 Å². The number of rotatable bonds is 32. The van der Waals surface area contributed by atoms with Crippen molar-refractivity contribution in [1.29, 1.82) is 0 Å². The van der Waals surface area contributed by atoms with Crippen LogP contribution in [0.2, 0.25) is 0 Å². The third kappa shape index (κ3) is 17.9. The molecule has 6 aromatic carbocycles. The lowest BCUT2D eigenvalue weighted by Crippen LogP contribution is -2.47. The molecule has 0 spiro atoms. The van der Waals surface area contributed by atoms with Gasteiger partial charge in [-0.05, 0) is 133 Å². The molecule has 0 saturated carbocycles. The van der Waals surface area contributed by atoms with Crippen LogP contribution in [0.4, 0.5) is 38.0 Å². The number of hydrogen-bond donors (Lipinski definition) is 5. The first kappa shape index (κ1) is 74.3. The van der Waals surface area contributed by atoms with Crippen molar-refractivity contribution in [2.45, 2.75) is 104 Å². The van der Waals surface area contributed by atoms with E-state index in [1.807, 2.05) is 24.5 Å². The number of anilines is 3. The number of urea groups is 1. The van der Waals surface area contributed by atoms with E-state index in [-0.39, 0.29) is 106 Å². The molecule has 0 fully saturated rings. The predicted octanol–water partition coefficient (Wildman–Crippen LogP) is 11.2. The predicted molar refractivity (Wildman–Crippen MR) is 394 cm³/mol. The van der Waals surface area contributed by atoms with E-state index in [0.29, 0.717) is 111 Å². The van der Waals surface area contributed by atoms with Gasteiger partial charge < -0.3 is 64.6 Å². The van der Waals surface area contributed by atoms with Crippen LogP contribution in [-0.2, 0) is 46.5 Å². The van der Waals surface area contributed by atoms with Gasteiger partial charge in [0.25, 0.3) is 23.6 Å². The van der Waals surface area contributed by atoms with Gasteiger partial charge in [0.15, 0.2) is 28.8 Å². The number of imide groups is 1. The Morgan fingerprint density at radius 2 is 1.14 bits per heavy atom. The van der Waals surface area contributed by atoms with Crippen molar-refractivity contribution in [3.8, 4) is 28.7 Å². The van der Waals surface area contributed by atoms with Gasteiger partial charge in [-0.3, -0.25) is 48.9 Å². The molecule has 0 unspecified atom stereocenters. The molecule has 0 radical (unpaired) electrons. The van der Waals surface area contributed by atoms with Crippen LogP contribution in [0.1, 0.15) is 116 Å². The van der Waals surface area contributed by atoms with E-state index in [4.69, 9.17) is 48.9 Å². The van der Waals surface area contributed by atoms with Gasteiger partial charge in [0.1, 0.15) is 25.6 Å². The highest BCUT2D eigenvalue weighted by molar-refractivity contribution is 6.32. The summed E-state index contributed by atoms with van der Waals surface area (Å²) < 4.78 is 40.6. The normalized spacial score (nSPS) is 16.2. The number of carbonyl (C=O) groups is 9. The number of ketones is 1. The number of aliphatic imine (C=N–C) groups is 2. The third-order valence-corrected chi connectivity index (χ3v) is 18.7. The van der Waals surface area contributed by atoms with E-state index in [9.17, 15) is 43.2 Å².